The molecule has 1 saturated heterocycles. The first-order chi connectivity index (χ1) is 10.8. The predicted octanol–water partition coefficient (Wildman–Crippen LogP) is 3.88. The molecule has 0 amide bonds. The quantitative estimate of drug-likeness (QED) is 0.856. The van der Waals surface area contributed by atoms with Gasteiger partial charge in [0.05, 0.1) is 7.11 Å². The van der Waals surface area contributed by atoms with Crippen LogP contribution in [0.25, 0.3) is 11.1 Å². The van der Waals surface area contributed by atoms with E-state index < -0.39 is 0 Å². The van der Waals surface area contributed by atoms with Crippen LogP contribution in [0.4, 0.5) is 4.39 Å². The number of ether oxygens (including phenoxy) is 1. The van der Waals surface area contributed by atoms with Gasteiger partial charge in [-0.05, 0) is 55.8 Å². The number of halogens is 1. The molecule has 1 aromatic heterocycles. The van der Waals surface area contributed by atoms with Gasteiger partial charge in [-0.3, -0.25) is 9.88 Å². The van der Waals surface area contributed by atoms with Crippen molar-refractivity contribution in [3.8, 4) is 16.9 Å². The molecule has 1 aliphatic heterocycles. The van der Waals surface area contributed by atoms with Gasteiger partial charge in [0, 0.05) is 30.1 Å². The molecular weight excluding hydrogens is 279 g/mol. The van der Waals surface area contributed by atoms with Gasteiger partial charge in [0.15, 0.2) is 0 Å². The van der Waals surface area contributed by atoms with Gasteiger partial charge in [0.1, 0.15) is 11.6 Å². The van der Waals surface area contributed by atoms with Crippen molar-refractivity contribution in [1.29, 1.82) is 0 Å². The van der Waals surface area contributed by atoms with Crippen molar-refractivity contribution < 1.29 is 9.13 Å². The first kappa shape index (κ1) is 15.0. The van der Waals surface area contributed by atoms with Crippen LogP contribution in [-0.4, -0.2) is 30.1 Å². The summed E-state index contributed by atoms with van der Waals surface area (Å²) in [5.41, 5.74) is 2.80. The lowest BCUT2D eigenvalue weighted by atomic mass is 10.0. The second kappa shape index (κ2) is 6.88. The molecule has 2 aromatic rings. The molecule has 1 aromatic carbocycles. The highest BCUT2D eigenvalue weighted by molar-refractivity contribution is 5.70. The highest BCUT2D eigenvalue weighted by Crippen LogP contribution is 2.30. The van der Waals surface area contributed by atoms with Crippen LogP contribution in [0.1, 0.15) is 24.8 Å². The summed E-state index contributed by atoms with van der Waals surface area (Å²) >= 11 is 0. The average Bonchev–Trinajstić information content (AvgIpc) is 2.56. The normalized spacial score (nSPS) is 15.7. The van der Waals surface area contributed by atoms with Crippen LogP contribution in [-0.2, 0) is 6.54 Å². The third kappa shape index (κ3) is 3.45. The van der Waals surface area contributed by atoms with Gasteiger partial charge < -0.3 is 4.74 Å². The predicted molar refractivity (Wildman–Crippen MR) is 85.3 cm³/mol. The number of pyridine rings is 1. The third-order valence-electron chi connectivity index (χ3n) is 4.12. The van der Waals surface area contributed by atoms with Crippen LogP contribution in [0.3, 0.4) is 0 Å². The Hall–Kier alpha value is -1.94. The van der Waals surface area contributed by atoms with E-state index in [0.717, 1.165) is 36.3 Å². The van der Waals surface area contributed by atoms with Crippen molar-refractivity contribution in [2.24, 2.45) is 0 Å². The topological polar surface area (TPSA) is 25.4 Å². The second-order valence-electron chi connectivity index (χ2n) is 5.76. The van der Waals surface area contributed by atoms with Crippen molar-refractivity contribution >= 4 is 0 Å². The molecule has 1 fully saturated rings. The smallest absolute Gasteiger partial charge is 0.126 e. The van der Waals surface area contributed by atoms with E-state index in [1.165, 1.54) is 31.4 Å². The Balaban J connectivity index is 1.86. The second-order valence-corrected chi connectivity index (χ2v) is 5.76. The summed E-state index contributed by atoms with van der Waals surface area (Å²) in [6.07, 6.45) is 7.52. The lowest BCUT2D eigenvalue weighted by Gasteiger charge is -2.26. The summed E-state index contributed by atoms with van der Waals surface area (Å²) in [7, 11) is 1.60. The van der Waals surface area contributed by atoms with E-state index in [9.17, 15) is 4.39 Å². The molecule has 0 N–H and O–H groups in total. The Kier molecular flexibility index (Phi) is 4.68. The van der Waals surface area contributed by atoms with Crippen LogP contribution in [0.2, 0.25) is 0 Å². The molecule has 0 bridgehead atoms. The number of likely N-dealkylation sites (tertiary alicyclic amines) is 1. The van der Waals surface area contributed by atoms with Crippen molar-refractivity contribution in [1.82, 2.24) is 9.88 Å². The number of hydrogen-bond acceptors (Lipinski definition) is 3. The molecule has 3 rings (SSSR count). The molecule has 0 radical (unpaired) electrons. The Bertz CT molecular complexity index is 639. The number of piperidine rings is 1. The SMILES string of the molecule is COc1ccc(F)cc1-c1cncc(CN2CCCCC2)c1. The molecule has 116 valence electrons. The Labute approximate surface area is 130 Å². The van der Waals surface area contributed by atoms with Crippen LogP contribution in [0.15, 0.2) is 36.7 Å². The molecule has 0 unspecified atom stereocenters. The summed E-state index contributed by atoms with van der Waals surface area (Å²) in [6.45, 7) is 3.19. The standard InChI is InChI=1S/C18H21FN2O/c1-22-18-6-5-16(19)10-17(18)15-9-14(11-20-12-15)13-21-7-3-2-4-8-21/h5-6,9-12H,2-4,7-8,13H2,1H3. The lowest BCUT2D eigenvalue weighted by Crippen LogP contribution is -2.29. The van der Waals surface area contributed by atoms with E-state index >= 15 is 0 Å². The third-order valence-corrected chi connectivity index (χ3v) is 4.12. The van der Waals surface area contributed by atoms with Gasteiger partial charge in [-0.15, -0.1) is 0 Å². The fraction of sp³-hybridized carbons (Fsp3) is 0.389. The largest absolute Gasteiger partial charge is 0.496 e. The van der Waals surface area contributed by atoms with Crippen molar-refractivity contribution in [2.45, 2.75) is 25.8 Å². The minimum absolute atomic E-state index is 0.266. The maximum Gasteiger partial charge on any atom is 0.126 e. The van der Waals surface area contributed by atoms with Gasteiger partial charge in [0.2, 0.25) is 0 Å². The monoisotopic (exact) mass is 300 g/mol. The molecule has 3 nitrogen and oxygen atoms in total. The van der Waals surface area contributed by atoms with Crippen molar-refractivity contribution in [3.63, 3.8) is 0 Å². The summed E-state index contributed by atoms with van der Waals surface area (Å²) in [6, 6.07) is 6.65. The molecule has 2 heterocycles. The molecule has 0 spiro atoms. The van der Waals surface area contributed by atoms with E-state index in [-0.39, 0.29) is 5.82 Å². The highest BCUT2D eigenvalue weighted by atomic mass is 19.1. The number of hydrogen-bond donors (Lipinski definition) is 0. The van der Waals surface area contributed by atoms with E-state index in [0.29, 0.717) is 5.75 Å². The number of rotatable bonds is 4. The average molecular weight is 300 g/mol. The maximum atomic E-state index is 13.6. The zero-order chi connectivity index (χ0) is 15.4. The van der Waals surface area contributed by atoms with Crippen LogP contribution in [0.5, 0.6) is 5.75 Å². The van der Waals surface area contributed by atoms with Gasteiger partial charge in [0.25, 0.3) is 0 Å². The van der Waals surface area contributed by atoms with Crippen LogP contribution < -0.4 is 4.74 Å². The van der Waals surface area contributed by atoms with Gasteiger partial charge in [-0.1, -0.05) is 6.42 Å². The number of nitrogens with zero attached hydrogens (tertiary/aromatic N) is 2. The van der Waals surface area contributed by atoms with E-state index in [1.54, 1.807) is 19.4 Å². The molecular formula is C18H21FN2O. The lowest BCUT2D eigenvalue weighted by molar-refractivity contribution is 0.220. The fourth-order valence-electron chi connectivity index (χ4n) is 3.00. The van der Waals surface area contributed by atoms with Gasteiger partial charge >= 0.3 is 0 Å². The van der Waals surface area contributed by atoms with Gasteiger partial charge in [-0.2, -0.15) is 0 Å². The summed E-state index contributed by atoms with van der Waals surface area (Å²) in [5, 5.41) is 0. The van der Waals surface area contributed by atoms with E-state index in [2.05, 4.69) is 16.0 Å². The molecule has 0 saturated carbocycles. The first-order valence-electron chi connectivity index (χ1n) is 7.76. The van der Waals surface area contributed by atoms with Crippen LogP contribution >= 0.6 is 0 Å². The summed E-state index contributed by atoms with van der Waals surface area (Å²) in [5.74, 6) is 0.399. The maximum absolute atomic E-state index is 13.6. The number of methoxy groups -OCH3 is 1. The Morgan fingerprint density at radius 3 is 2.73 bits per heavy atom. The zero-order valence-electron chi connectivity index (χ0n) is 12.9. The minimum atomic E-state index is -0.266. The Morgan fingerprint density at radius 1 is 1.14 bits per heavy atom. The summed E-state index contributed by atoms with van der Waals surface area (Å²) < 4.78 is 18.9. The number of benzene rings is 1. The minimum Gasteiger partial charge on any atom is -0.496 e. The van der Waals surface area contributed by atoms with Crippen LogP contribution in [0, 0.1) is 5.82 Å². The Morgan fingerprint density at radius 2 is 1.95 bits per heavy atom. The summed E-state index contributed by atoms with van der Waals surface area (Å²) in [4.78, 5) is 6.78. The fourth-order valence-corrected chi connectivity index (χ4v) is 3.00. The van der Waals surface area contributed by atoms with Crippen molar-refractivity contribution in [3.05, 3.63) is 48.0 Å². The van der Waals surface area contributed by atoms with E-state index in [4.69, 9.17) is 4.74 Å². The van der Waals surface area contributed by atoms with Gasteiger partial charge in [-0.25, -0.2) is 4.39 Å². The number of aromatic nitrogens is 1. The zero-order valence-corrected chi connectivity index (χ0v) is 12.9. The highest BCUT2D eigenvalue weighted by Gasteiger charge is 2.12. The molecule has 22 heavy (non-hydrogen) atoms. The van der Waals surface area contributed by atoms with Crippen molar-refractivity contribution in [2.75, 3.05) is 20.2 Å². The van der Waals surface area contributed by atoms with E-state index in [1.807, 2.05) is 6.20 Å². The first-order valence-corrected chi connectivity index (χ1v) is 7.76. The molecule has 0 aliphatic carbocycles. The molecule has 0 atom stereocenters. The molecule has 4 heteroatoms. The molecule has 1 aliphatic rings.